The number of rotatable bonds is 1. The lowest BCUT2D eigenvalue weighted by atomic mass is 10.4. The molecule has 0 radical (unpaired) electrons. The van der Waals surface area contributed by atoms with Crippen molar-refractivity contribution in [2.24, 2.45) is 0 Å². The number of aromatic nitrogens is 2. The molecule has 3 heteroatoms. The van der Waals surface area contributed by atoms with Gasteiger partial charge in [-0.1, -0.05) is 18.5 Å². The molecule has 0 aliphatic heterocycles. The van der Waals surface area contributed by atoms with Gasteiger partial charge in [-0.05, 0) is 0 Å². The highest BCUT2D eigenvalue weighted by Gasteiger charge is 1.89. The van der Waals surface area contributed by atoms with Crippen LogP contribution in [0, 0.1) is 0 Å². The van der Waals surface area contributed by atoms with Crippen LogP contribution in [-0.4, -0.2) is 9.97 Å². The lowest BCUT2D eigenvalue weighted by Gasteiger charge is -1.91. The molecule has 0 unspecified atom stereocenters. The fourth-order valence-electron chi connectivity index (χ4n) is 0.522. The molecule has 0 aliphatic carbocycles. The molecule has 0 spiro atoms. The molecular formula is C6H7ClN2. The average Bonchev–Trinajstić information content (AvgIpc) is 1.90. The third-order valence-corrected chi connectivity index (χ3v) is 1.19. The highest BCUT2D eigenvalue weighted by atomic mass is 35.5. The van der Waals surface area contributed by atoms with Crippen LogP contribution in [0.1, 0.15) is 12.7 Å². The van der Waals surface area contributed by atoms with Crippen molar-refractivity contribution < 1.29 is 0 Å². The first-order chi connectivity index (χ1) is 4.33. The molecule has 0 N–H and O–H groups in total. The third kappa shape index (κ3) is 1.64. The number of hydrogen-bond donors (Lipinski definition) is 0. The molecule has 48 valence electrons. The van der Waals surface area contributed by atoms with Crippen molar-refractivity contribution in [3.8, 4) is 0 Å². The maximum atomic E-state index is 5.54. The van der Waals surface area contributed by atoms with Gasteiger partial charge in [0.05, 0.1) is 5.02 Å². The molecule has 1 rings (SSSR count). The maximum Gasteiger partial charge on any atom is 0.128 e. The Balaban J connectivity index is 2.88. The Morgan fingerprint density at radius 3 is 2.44 bits per heavy atom. The van der Waals surface area contributed by atoms with E-state index in [1.54, 1.807) is 12.4 Å². The zero-order valence-corrected chi connectivity index (χ0v) is 5.89. The molecule has 9 heavy (non-hydrogen) atoms. The Morgan fingerprint density at radius 2 is 2.00 bits per heavy atom. The summed E-state index contributed by atoms with van der Waals surface area (Å²) in [5.74, 6) is 0.833. The summed E-state index contributed by atoms with van der Waals surface area (Å²) < 4.78 is 0. The van der Waals surface area contributed by atoms with Crippen molar-refractivity contribution in [1.82, 2.24) is 9.97 Å². The smallest absolute Gasteiger partial charge is 0.128 e. The van der Waals surface area contributed by atoms with Crippen LogP contribution in [-0.2, 0) is 6.42 Å². The third-order valence-electron chi connectivity index (χ3n) is 0.990. The first-order valence-electron chi connectivity index (χ1n) is 2.79. The molecule has 0 atom stereocenters. The average molecular weight is 143 g/mol. The summed E-state index contributed by atoms with van der Waals surface area (Å²) in [7, 11) is 0. The summed E-state index contributed by atoms with van der Waals surface area (Å²) >= 11 is 5.54. The summed E-state index contributed by atoms with van der Waals surface area (Å²) in [6.07, 6.45) is 4.07. The Morgan fingerprint density at radius 1 is 1.44 bits per heavy atom. The second kappa shape index (κ2) is 2.78. The summed E-state index contributed by atoms with van der Waals surface area (Å²) in [5.41, 5.74) is 0. The second-order valence-electron chi connectivity index (χ2n) is 1.67. The van der Waals surface area contributed by atoms with Crippen molar-refractivity contribution in [2.45, 2.75) is 13.3 Å². The fourth-order valence-corrected chi connectivity index (χ4v) is 0.619. The monoisotopic (exact) mass is 142 g/mol. The SMILES string of the molecule is CCc1ncc(Cl)cn1. The molecule has 0 aliphatic rings. The Kier molecular flexibility index (Phi) is 2.01. The highest BCUT2D eigenvalue weighted by Crippen LogP contribution is 2.02. The minimum Gasteiger partial charge on any atom is -0.240 e. The standard InChI is InChI=1S/C6H7ClN2/c1-2-6-8-3-5(7)4-9-6/h3-4H,2H2,1H3. The topological polar surface area (TPSA) is 25.8 Å². The van der Waals surface area contributed by atoms with Crippen LogP contribution in [0.3, 0.4) is 0 Å². The van der Waals surface area contributed by atoms with Gasteiger partial charge in [0, 0.05) is 18.8 Å². The maximum absolute atomic E-state index is 5.54. The Hall–Kier alpha value is -0.630. The number of aryl methyl sites for hydroxylation is 1. The largest absolute Gasteiger partial charge is 0.240 e. The van der Waals surface area contributed by atoms with Crippen LogP contribution in [0.2, 0.25) is 5.02 Å². The Labute approximate surface area is 58.9 Å². The quantitative estimate of drug-likeness (QED) is 0.597. The molecule has 1 heterocycles. The summed E-state index contributed by atoms with van der Waals surface area (Å²) in [6, 6.07) is 0. The van der Waals surface area contributed by atoms with Gasteiger partial charge in [0.15, 0.2) is 0 Å². The zero-order chi connectivity index (χ0) is 6.69. The predicted molar refractivity (Wildman–Crippen MR) is 36.4 cm³/mol. The van der Waals surface area contributed by atoms with Crippen molar-refractivity contribution in [2.75, 3.05) is 0 Å². The van der Waals surface area contributed by atoms with Crippen molar-refractivity contribution >= 4 is 11.6 Å². The number of hydrogen-bond acceptors (Lipinski definition) is 2. The van der Waals surface area contributed by atoms with E-state index in [1.807, 2.05) is 6.92 Å². The minimum absolute atomic E-state index is 0.590. The molecule has 0 fully saturated rings. The van der Waals surface area contributed by atoms with E-state index in [9.17, 15) is 0 Å². The van der Waals surface area contributed by atoms with E-state index in [0.717, 1.165) is 12.2 Å². The summed E-state index contributed by atoms with van der Waals surface area (Å²) in [4.78, 5) is 7.91. The van der Waals surface area contributed by atoms with Gasteiger partial charge in [-0.15, -0.1) is 0 Å². The highest BCUT2D eigenvalue weighted by molar-refractivity contribution is 6.30. The molecule has 1 aromatic heterocycles. The van der Waals surface area contributed by atoms with E-state index in [0.29, 0.717) is 5.02 Å². The van der Waals surface area contributed by atoms with Crippen LogP contribution >= 0.6 is 11.6 Å². The molecule has 2 nitrogen and oxygen atoms in total. The van der Waals surface area contributed by atoms with E-state index >= 15 is 0 Å². The Bertz CT molecular complexity index is 183. The molecule has 0 bridgehead atoms. The predicted octanol–water partition coefficient (Wildman–Crippen LogP) is 1.69. The van der Waals surface area contributed by atoms with Crippen molar-refractivity contribution in [3.63, 3.8) is 0 Å². The second-order valence-corrected chi connectivity index (χ2v) is 2.11. The van der Waals surface area contributed by atoms with Gasteiger partial charge in [-0.2, -0.15) is 0 Å². The van der Waals surface area contributed by atoms with E-state index < -0.39 is 0 Å². The lowest BCUT2D eigenvalue weighted by Crippen LogP contribution is -1.89. The van der Waals surface area contributed by atoms with Gasteiger partial charge in [0.2, 0.25) is 0 Å². The van der Waals surface area contributed by atoms with Gasteiger partial charge in [-0.3, -0.25) is 0 Å². The molecule has 0 saturated heterocycles. The van der Waals surface area contributed by atoms with Gasteiger partial charge >= 0.3 is 0 Å². The van der Waals surface area contributed by atoms with Gasteiger partial charge in [0.25, 0.3) is 0 Å². The van der Waals surface area contributed by atoms with Crippen LogP contribution in [0.5, 0.6) is 0 Å². The summed E-state index contributed by atoms with van der Waals surface area (Å²) in [5, 5.41) is 0.590. The van der Waals surface area contributed by atoms with Crippen LogP contribution in [0.15, 0.2) is 12.4 Å². The van der Waals surface area contributed by atoms with Crippen LogP contribution in [0.4, 0.5) is 0 Å². The van der Waals surface area contributed by atoms with Gasteiger partial charge in [-0.25, -0.2) is 9.97 Å². The molecule has 0 aromatic carbocycles. The van der Waals surface area contributed by atoms with E-state index in [-0.39, 0.29) is 0 Å². The van der Waals surface area contributed by atoms with E-state index in [1.165, 1.54) is 0 Å². The van der Waals surface area contributed by atoms with Crippen LogP contribution < -0.4 is 0 Å². The molecule has 0 saturated carbocycles. The minimum atomic E-state index is 0.590. The zero-order valence-electron chi connectivity index (χ0n) is 5.13. The molecular weight excluding hydrogens is 136 g/mol. The van der Waals surface area contributed by atoms with Crippen LogP contribution in [0.25, 0.3) is 0 Å². The number of halogens is 1. The first-order valence-corrected chi connectivity index (χ1v) is 3.17. The first kappa shape index (κ1) is 6.49. The lowest BCUT2D eigenvalue weighted by molar-refractivity contribution is 0.939. The number of nitrogens with zero attached hydrogens (tertiary/aromatic N) is 2. The van der Waals surface area contributed by atoms with Gasteiger partial charge in [0.1, 0.15) is 5.82 Å². The summed E-state index contributed by atoms with van der Waals surface area (Å²) in [6.45, 7) is 2.00. The van der Waals surface area contributed by atoms with E-state index in [2.05, 4.69) is 9.97 Å². The van der Waals surface area contributed by atoms with Gasteiger partial charge < -0.3 is 0 Å². The van der Waals surface area contributed by atoms with E-state index in [4.69, 9.17) is 11.6 Å². The molecule has 0 amide bonds. The normalized spacial score (nSPS) is 9.56. The molecule has 1 aromatic rings. The fraction of sp³-hybridized carbons (Fsp3) is 0.333. The van der Waals surface area contributed by atoms with Crippen molar-refractivity contribution in [3.05, 3.63) is 23.2 Å². The van der Waals surface area contributed by atoms with Crippen molar-refractivity contribution in [1.29, 1.82) is 0 Å².